The molecule has 0 aromatic carbocycles. The Balaban J connectivity index is 1.79. The first-order valence-electron chi connectivity index (χ1n) is 8.12. The van der Waals surface area contributed by atoms with Crippen LogP contribution >= 0.6 is 15.9 Å². The lowest BCUT2D eigenvalue weighted by Gasteiger charge is -2.23. The molecule has 25 heavy (non-hydrogen) atoms. The van der Waals surface area contributed by atoms with Crippen LogP contribution in [0.25, 0.3) is 0 Å². The van der Waals surface area contributed by atoms with Crippen molar-refractivity contribution < 1.29 is 9.53 Å². The molecule has 1 aliphatic heterocycles. The monoisotopic (exact) mass is 405 g/mol. The van der Waals surface area contributed by atoms with E-state index >= 15 is 0 Å². The molecule has 3 heterocycles. The lowest BCUT2D eigenvalue weighted by Crippen LogP contribution is -2.37. The number of anilines is 2. The molecule has 1 aliphatic rings. The molecule has 7 nitrogen and oxygen atoms in total. The molecule has 0 aliphatic carbocycles. The maximum atomic E-state index is 12.1. The van der Waals surface area contributed by atoms with E-state index in [9.17, 15) is 4.79 Å². The first-order chi connectivity index (χ1) is 12.0. The van der Waals surface area contributed by atoms with Gasteiger partial charge >= 0.3 is 6.09 Å². The van der Waals surface area contributed by atoms with Crippen molar-refractivity contribution in [2.45, 2.75) is 32.9 Å². The van der Waals surface area contributed by atoms with Gasteiger partial charge in [-0.2, -0.15) is 4.98 Å². The third-order valence-corrected chi connectivity index (χ3v) is 4.57. The number of ether oxygens (including phenoxy) is 1. The highest BCUT2D eigenvalue weighted by molar-refractivity contribution is 9.10. The molecule has 132 valence electrons. The van der Waals surface area contributed by atoms with E-state index in [-0.39, 0.29) is 24.1 Å². The van der Waals surface area contributed by atoms with Gasteiger partial charge in [-0.15, -0.1) is 0 Å². The van der Waals surface area contributed by atoms with Crippen LogP contribution in [0.1, 0.15) is 32.5 Å². The summed E-state index contributed by atoms with van der Waals surface area (Å²) < 4.78 is 6.11. The zero-order valence-electron chi connectivity index (χ0n) is 14.3. The van der Waals surface area contributed by atoms with Crippen molar-refractivity contribution >= 4 is 33.8 Å². The van der Waals surface area contributed by atoms with Gasteiger partial charge in [-0.1, -0.05) is 13.8 Å². The van der Waals surface area contributed by atoms with Crippen LogP contribution in [0.3, 0.4) is 0 Å². The number of aromatic nitrogens is 3. The maximum absolute atomic E-state index is 12.1. The summed E-state index contributed by atoms with van der Waals surface area (Å²) in [6.45, 7) is 6.47. The highest BCUT2D eigenvalue weighted by Gasteiger charge is 2.37. The van der Waals surface area contributed by atoms with Gasteiger partial charge in [-0.05, 0) is 47.0 Å². The fraction of sp³-hybridized carbons (Fsp3) is 0.412. The zero-order chi connectivity index (χ0) is 18.0. The number of nitrogens with one attached hydrogen (secondary N) is 1. The molecule has 1 unspecified atom stereocenters. The Morgan fingerprint density at radius 2 is 2.08 bits per heavy atom. The highest BCUT2D eigenvalue weighted by atomic mass is 79.9. The third kappa shape index (κ3) is 3.89. The predicted molar refractivity (Wildman–Crippen MR) is 98.5 cm³/mol. The molecule has 1 fully saturated rings. The largest absolute Gasteiger partial charge is 0.447 e. The van der Waals surface area contributed by atoms with Gasteiger partial charge in [0.25, 0.3) is 0 Å². The van der Waals surface area contributed by atoms with Crippen molar-refractivity contribution in [3.05, 3.63) is 40.8 Å². The molecule has 3 rings (SSSR count). The minimum Gasteiger partial charge on any atom is -0.447 e. The predicted octanol–water partition coefficient (Wildman–Crippen LogP) is 3.79. The molecule has 1 amide bonds. The van der Waals surface area contributed by atoms with Crippen LogP contribution in [0, 0.1) is 5.92 Å². The highest BCUT2D eigenvalue weighted by Crippen LogP contribution is 2.26. The van der Waals surface area contributed by atoms with Crippen molar-refractivity contribution in [1.29, 1.82) is 0 Å². The van der Waals surface area contributed by atoms with E-state index < -0.39 is 0 Å². The molecule has 2 atom stereocenters. The first kappa shape index (κ1) is 17.6. The molecule has 2 aromatic heterocycles. The summed E-state index contributed by atoms with van der Waals surface area (Å²) in [6.07, 6.45) is 3.01. The molecule has 0 bridgehead atoms. The van der Waals surface area contributed by atoms with Gasteiger partial charge < -0.3 is 10.1 Å². The molecule has 0 saturated carbocycles. The third-order valence-electron chi connectivity index (χ3n) is 4.10. The number of amides is 1. The smallest absolute Gasteiger partial charge is 0.415 e. The van der Waals surface area contributed by atoms with Crippen molar-refractivity contribution in [3.8, 4) is 0 Å². The van der Waals surface area contributed by atoms with Crippen molar-refractivity contribution in [1.82, 2.24) is 15.0 Å². The summed E-state index contributed by atoms with van der Waals surface area (Å²) >= 11 is 3.37. The summed E-state index contributed by atoms with van der Waals surface area (Å²) in [7, 11) is 0. The van der Waals surface area contributed by atoms with Gasteiger partial charge in [0, 0.05) is 16.9 Å². The average molecular weight is 406 g/mol. The summed E-state index contributed by atoms with van der Waals surface area (Å²) in [6, 6.07) is 5.48. The summed E-state index contributed by atoms with van der Waals surface area (Å²) in [5.41, 5.74) is 0.873. The number of hydrogen-bond acceptors (Lipinski definition) is 6. The fourth-order valence-electron chi connectivity index (χ4n) is 2.65. The molecule has 0 radical (unpaired) electrons. The number of cyclic esters (lactones) is 1. The van der Waals surface area contributed by atoms with Crippen LogP contribution in [0.15, 0.2) is 35.1 Å². The fourth-order valence-corrected chi connectivity index (χ4v) is 2.89. The summed E-state index contributed by atoms with van der Waals surface area (Å²) in [4.78, 5) is 26.8. The van der Waals surface area contributed by atoms with Crippen molar-refractivity contribution in [2.75, 3.05) is 16.8 Å². The van der Waals surface area contributed by atoms with E-state index in [4.69, 9.17) is 4.74 Å². The van der Waals surface area contributed by atoms with Crippen LogP contribution in [-0.2, 0) is 4.74 Å². The SMILES string of the molecule is CC(C)C1COC(=O)N1c1ccnc(N[C@@H](C)c2ccc(Br)cn2)n1. The maximum Gasteiger partial charge on any atom is 0.415 e. The van der Waals surface area contributed by atoms with Gasteiger partial charge in [0.2, 0.25) is 5.95 Å². The van der Waals surface area contributed by atoms with E-state index in [0.717, 1.165) is 10.2 Å². The van der Waals surface area contributed by atoms with E-state index in [1.165, 1.54) is 0 Å². The van der Waals surface area contributed by atoms with Crippen LogP contribution in [0.2, 0.25) is 0 Å². The molecule has 1 saturated heterocycles. The minimum atomic E-state index is -0.369. The topological polar surface area (TPSA) is 80.2 Å². The first-order valence-corrected chi connectivity index (χ1v) is 8.92. The number of hydrogen-bond donors (Lipinski definition) is 1. The van der Waals surface area contributed by atoms with Crippen molar-refractivity contribution in [3.63, 3.8) is 0 Å². The Hall–Kier alpha value is -2.22. The second kappa shape index (κ2) is 7.35. The quantitative estimate of drug-likeness (QED) is 0.814. The normalized spacial score (nSPS) is 18.4. The number of rotatable bonds is 5. The molecule has 2 aromatic rings. The molecule has 1 N–H and O–H groups in total. The average Bonchev–Trinajstić information content (AvgIpc) is 2.97. The van der Waals surface area contributed by atoms with Crippen LogP contribution in [0.4, 0.5) is 16.6 Å². The van der Waals surface area contributed by atoms with E-state index in [1.54, 1.807) is 23.4 Å². The van der Waals surface area contributed by atoms with Crippen LogP contribution in [-0.4, -0.2) is 33.7 Å². The molecule has 0 spiro atoms. The Bertz CT molecular complexity index is 753. The summed E-state index contributed by atoms with van der Waals surface area (Å²) in [5, 5.41) is 3.22. The number of halogens is 1. The second-order valence-corrected chi connectivity index (χ2v) is 7.18. The number of carbonyl (C=O) groups is 1. The van der Waals surface area contributed by atoms with Crippen LogP contribution in [0.5, 0.6) is 0 Å². The van der Waals surface area contributed by atoms with E-state index in [0.29, 0.717) is 18.4 Å². The number of carbonyl (C=O) groups excluding carboxylic acids is 1. The molecule has 8 heteroatoms. The Labute approximate surface area is 155 Å². The Morgan fingerprint density at radius 1 is 1.28 bits per heavy atom. The standard InChI is InChI=1S/C17H20BrN5O2/c1-10(2)14-9-25-17(24)23(14)15-6-7-19-16(22-15)21-11(3)13-5-4-12(18)8-20-13/h4-8,10-11,14H,9H2,1-3H3,(H,19,21,22)/t11-,14?/m0/s1. The van der Waals surface area contributed by atoms with Gasteiger partial charge in [0.05, 0.1) is 17.8 Å². The number of nitrogens with zero attached hydrogens (tertiary/aromatic N) is 4. The van der Waals surface area contributed by atoms with Crippen LogP contribution < -0.4 is 10.2 Å². The van der Waals surface area contributed by atoms with Gasteiger partial charge in [-0.25, -0.2) is 9.78 Å². The zero-order valence-corrected chi connectivity index (χ0v) is 15.9. The summed E-state index contributed by atoms with van der Waals surface area (Å²) in [5.74, 6) is 1.25. The number of pyridine rings is 1. The lowest BCUT2D eigenvalue weighted by atomic mass is 10.0. The Morgan fingerprint density at radius 3 is 2.76 bits per heavy atom. The van der Waals surface area contributed by atoms with Gasteiger partial charge in [-0.3, -0.25) is 9.88 Å². The molecular formula is C17H20BrN5O2. The van der Waals surface area contributed by atoms with Gasteiger partial charge in [0.15, 0.2) is 0 Å². The lowest BCUT2D eigenvalue weighted by molar-refractivity contribution is 0.177. The Kier molecular flexibility index (Phi) is 5.17. The van der Waals surface area contributed by atoms with E-state index in [1.807, 2.05) is 19.1 Å². The van der Waals surface area contributed by atoms with Gasteiger partial charge in [0.1, 0.15) is 12.4 Å². The molecular weight excluding hydrogens is 386 g/mol. The van der Waals surface area contributed by atoms with Crippen molar-refractivity contribution in [2.24, 2.45) is 5.92 Å². The second-order valence-electron chi connectivity index (χ2n) is 6.26. The van der Waals surface area contributed by atoms with E-state index in [2.05, 4.69) is 50.0 Å². The minimum absolute atomic E-state index is 0.0270.